The van der Waals surface area contributed by atoms with Gasteiger partial charge in [0.25, 0.3) is 0 Å². The predicted octanol–water partition coefficient (Wildman–Crippen LogP) is 4.61. The molecule has 0 amide bonds. The number of hydrogen-bond donors (Lipinski definition) is 3. The van der Waals surface area contributed by atoms with Crippen molar-refractivity contribution >= 4 is 56.5 Å². The number of thioether (sulfide) groups is 1. The number of carbonyl (C=O) groups is 1. The van der Waals surface area contributed by atoms with Gasteiger partial charge in [-0.1, -0.05) is 29.9 Å². The molecule has 1 atom stereocenters. The molecular weight excluding hydrogens is 518 g/mol. The van der Waals surface area contributed by atoms with E-state index in [0.717, 1.165) is 37.9 Å². The van der Waals surface area contributed by atoms with E-state index in [1.807, 2.05) is 12.3 Å². The zero-order chi connectivity index (χ0) is 26.5. The summed E-state index contributed by atoms with van der Waals surface area (Å²) >= 11 is 7.05. The smallest absolute Gasteiger partial charge is 0.190 e. The van der Waals surface area contributed by atoms with Gasteiger partial charge in [-0.25, -0.2) is 13.8 Å². The highest BCUT2D eigenvalue weighted by atomic mass is 35.5. The van der Waals surface area contributed by atoms with Crippen molar-refractivity contribution in [1.82, 2.24) is 20.2 Å². The van der Waals surface area contributed by atoms with Gasteiger partial charge in [-0.3, -0.25) is 20.1 Å². The molecule has 0 bridgehead atoms. The molecule has 1 aliphatic rings. The number of fused-ring (bicyclic) bond motifs is 1. The molecule has 0 saturated carbocycles. The Hall–Kier alpha value is -2.92. The fraction of sp³-hybridized carbons (Fsp3) is 0.308. The summed E-state index contributed by atoms with van der Waals surface area (Å²) in [7, 11) is 0. The van der Waals surface area contributed by atoms with Gasteiger partial charge in [0.15, 0.2) is 5.12 Å². The van der Waals surface area contributed by atoms with Crippen LogP contribution in [0.4, 0.5) is 14.5 Å². The van der Waals surface area contributed by atoms with E-state index in [4.69, 9.17) is 17.0 Å². The van der Waals surface area contributed by atoms with E-state index in [2.05, 4.69) is 32.1 Å². The lowest BCUT2D eigenvalue weighted by Gasteiger charge is -2.33. The van der Waals surface area contributed by atoms with Gasteiger partial charge in [0.1, 0.15) is 11.6 Å². The zero-order valence-electron chi connectivity index (χ0n) is 20.3. The van der Waals surface area contributed by atoms with Crippen molar-refractivity contribution in [2.24, 2.45) is 0 Å². The molecule has 7 nitrogen and oxygen atoms in total. The van der Waals surface area contributed by atoms with Crippen molar-refractivity contribution in [3.63, 3.8) is 0 Å². The molecule has 37 heavy (non-hydrogen) atoms. The Bertz CT molecular complexity index is 1350. The minimum Gasteiger partial charge on any atom is -0.382 e. The minimum absolute atomic E-state index is 0.153. The molecule has 0 spiro atoms. The molecule has 1 unspecified atom stereocenters. The second kappa shape index (κ2) is 12.1. The van der Waals surface area contributed by atoms with Crippen molar-refractivity contribution < 1.29 is 13.6 Å². The quantitative estimate of drug-likeness (QED) is 0.267. The summed E-state index contributed by atoms with van der Waals surface area (Å²) in [6.07, 6.45) is 4.06. The highest BCUT2D eigenvalue weighted by Crippen LogP contribution is 2.25. The summed E-state index contributed by atoms with van der Waals surface area (Å²) in [6.45, 7) is 7.99. The number of piperazine rings is 1. The average molecular weight is 545 g/mol. The number of aromatic nitrogens is 2. The molecule has 3 aromatic rings. The molecule has 3 heterocycles. The van der Waals surface area contributed by atoms with E-state index in [9.17, 15) is 13.6 Å². The molecule has 0 aliphatic carbocycles. The maximum atomic E-state index is 14.3. The van der Waals surface area contributed by atoms with E-state index in [1.165, 1.54) is 11.8 Å². The van der Waals surface area contributed by atoms with Gasteiger partial charge in [-0.2, -0.15) is 0 Å². The largest absolute Gasteiger partial charge is 0.382 e. The van der Waals surface area contributed by atoms with Crippen LogP contribution in [-0.2, 0) is 4.79 Å². The summed E-state index contributed by atoms with van der Waals surface area (Å²) in [6, 6.07) is 7.17. The Labute approximate surface area is 223 Å². The first-order valence-electron chi connectivity index (χ1n) is 11.7. The normalized spacial score (nSPS) is 16.1. The van der Waals surface area contributed by atoms with Crippen molar-refractivity contribution in [3.8, 4) is 0 Å². The number of nitrogens with one attached hydrogen (secondary N) is 3. The van der Waals surface area contributed by atoms with Crippen LogP contribution in [-0.4, -0.2) is 70.7 Å². The molecule has 11 heteroatoms. The second-order valence-corrected chi connectivity index (χ2v) is 9.99. The molecule has 2 aromatic heterocycles. The van der Waals surface area contributed by atoms with Crippen molar-refractivity contribution in [2.45, 2.75) is 12.5 Å². The molecule has 1 fully saturated rings. The van der Waals surface area contributed by atoms with Crippen molar-refractivity contribution in [3.05, 3.63) is 71.0 Å². The van der Waals surface area contributed by atoms with Gasteiger partial charge in [0.05, 0.1) is 39.3 Å². The number of pyridine rings is 2. The Kier molecular flexibility index (Phi) is 8.86. The van der Waals surface area contributed by atoms with Crippen LogP contribution < -0.4 is 10.6 Å². The van der Waals surface area contributed by atoms with Crippen LogP contribution in [0, 0.1) is 17.0 Å². The molecule has 0 radical (unpaired) electrons. The van der Waals surface area contributed by atoms with Crippen LogP contribution >= 0.6 is 23.4 Å². The van der Waals surface area contributed by atoms with Crippen molar-refractivity contribution in [2.75, 3.05) is 44.3 Å². The first-order valence-corrected chi connectivity index (χ1v) is 13.3. The lowest BCUT2D eigenvalue weighted by molar-refractivity contribution is -0.111. The summed E-state index contributed by atoms with van der Waals surface area (Å²) in [5.41, 5.74) is 2.21. The highest BCUT2D eigenvalue weighted by molar-refractivity contribution is 8.13. The van der Waals surface area contributed by atoms with E-state index in [-0.39, 0.29) is 33.0 Å². The predicted molar refractivity (Wildman–Crippen MR) is 147 cm³/mol. The number of rotatable bonds is 9. The average Bonchev–Trinajstić information content (AvgIpc) is 2.89. The maximum absolute atomic E-state index is 14.3. The molecule has 1 saturated heterocycles. The Morgan fingerprint density at radius 2 is 2.11 bits per heavy atom. The molecular formula is C26H27ClF2N6OS. The number of hydrogen-bond acceptors (Lipinski definition) is 8. The van der Waals surface area contributed by atoms with E-state index in [1.54, 1.807) is 18.3 Å². The van der Waals surface area contributed by atoms with Crippen LogP contribution in [0.2, 0.25) is 5.02 Å². The highest BCUT2D eigenvalue weighted by Gasteiger charge is 2.21. The minimum atomic E-state index is -0.895. The van der Waals surface area contributed by atoms with Gasteiger partial charge in [0.2, 0.25) is 0 Å². The van der Waals surface area contributed by atoms with Gasteiger partial charge in [0, 0.05) is 62.4 Å². The summed E-state index contributed by atoms with van der Waals surface area (Å²) in [5, 5.41) is 15.1. The fourth-order valence-electron chi connectivity index (χ4n) is 4.15. The van der Waals surface area contributed by atoms with E-state index in [0.29, 0.717) is 35.8 Å². The van der Waals surface area contributed by atoms with Gasteiger partial charge in [-0.05, 0) is 30.5 Å². The Morgan fingerprint density at radius 1 is 1.30 bits per heavy atom. The van der Waals surface area contributed by atoms with Crippen LogP contribution in [0.1, 0.15) is 17.7 Å². The molecule has 1 aliphatic heterocycles. The summed E-state index contributed by atoms with van der Waals surface area (Å²) in [4.78, 5) is 23.1. The number of benzene rings is 1. The second-order valence-electron chi connectivity index (χ2n) is 8.72. The van der Waals surface area contributed by atoms with Crippen LogP contribution in [0.15, 0.2) is 43.1 Å². The molecule has 4 rings (SSSR count). The SMILES string of the molecule is C=C(C(=N)c1cc(Cl)c(F)cc1F)c1ccc2ncc(NCCN3CCNC(CC(=O)SC)C3)cc2n1. The van der Waals surface area contributed by atoms with Gasteiger partial charge < -0.3 is 10.6 Å². The monoisotopic (exact) mass is 544 g/mol. The number of allylic oxidation sites excluding steroid dienone is 1. The molecule has 3 N–H and O–H groups in total. The number of halogens is 3. The Morgan fingerprint density at radius 3 is 2.89 bits per heavy atom. The van der Waals surface area contributed by atoms with Gasteiger partial charge >= 0.3 is 0 Å². The van der Waals surface area contributed by atoms with Crippen LogP contribution in [0.5, 0.6) is 0 Å². The van der Waals surface area contributed by atoms with Crippen LogP contribution in [0.3, 0.4) is 0 Å². The third-order valence-electron chi connectivity index (χ3n) is 6.17. The van der Waals surface area contributed by atoms with Gasteiger partial charge in [-0.15, -0.1) is 0 Å². The standard InChI is InChI=1S/C26H27ClF2N6OS/c1-15(26(30)18-11-19(27)21(29)12-20(18)28)22-3-4-23-24(34-22)9-16(13-33-23)31-5-7-35-8-6-32-17(14-35)10-25(36)37-2/h3-4,9,11-13,17,30-32H,1,5-8,10,14H2,2H3. The molecule has 194 valence electrons. The third-order valence-corrected chi connectivity index (χ3v) is 7.08. The topological polar surface area (TPSA) is 94.0 Å². The lowest BCUT2D eigenvalue weighted by Crippen LogP contribution is -2.52. The molecule has 1 aromatic carbocycles. The Balaban J connectivity index is 1.41. The first kappa shape index (κ1) is 27.1. The number of anilines is 1. The fourth-order valence-corrected chi connectivity index (χ4v) is 4.68. The van der Waals surface area contributed by atoms with E-state index >= 15 is 0 Å². The summed E-state index contributed by atoms with van der Waals surface area (Å²) in [5.74, 6) is -1.78. The van der Waals surface area contributed by atoms with Crippen LogP contribution in [0.25, 0.3) is 16.6 Å². The summed E-state index contributed by atoms with van der Waals surface area (Å²) < 4.78 is 27.8. The maximum Gasteiger partial charge on any atom is 0.190 e. The number of nitrogens with zero attached hydrogens (tertiary/aromatic N) is 3. The number of carbonyl (C=O) groups excluding carboxylic acids is 1. The van der Waals surface area contributed by atoms with Crippen molar-refractivity contribution in [1.29, 1.82) is 5.41 Å². The first-order chi connectivity index (χ1) is 17.7. The zero-order valence-corrected chi connectivity index (χ0v) is 21.9. The van der Waals surface area contributed by atoms with E-state index < -0.39 is 11.6 Å². The third kappa shape index (κ3) is 6.70. The lowest BCUT2D eigenvalue weighted by atomic mass is 10.00.